The van der Waals surface area contributed by atoms with Gasteiger partial charge in [-0.3, -0.25) is 0 Å². The van der Waals surface area contributed by atoms with Gasteiger partial charge in [-0.25, -0.2) is 0 Å². The van der Waals surface area contributed by atoms with Crippen molar-refractivity contribution in [3.63, 3.8) is 0 Å². The summed E-state index contributed by atoms with van der Waals surface area (Å²) in [6.45, 7) is 8.80. The minimum absolute atomic E-state index is 0.615. The zero-order valence-electron chi connectivity index (χ0n) is 18.2. The van der Waals surface area contributed by atoms with Crippen LogP contribution in [-0.2, 0) is 0 Å². The van der Waals surface area contributed by atoms with Gasteiger partial charge >= 0.3 is 0 Å². The summed E-state index contributed by atoms with van der Waals surface area (Å²) in [4.78, 5) is 0. The Morgan fingerprint density at radius 1 is 0.963 bits per heavy atom. The molecule has 0 saturated heterocycles. The molecule has 3 aliphatic rings. The molecule has 0 N–H and O–H groups in total. The molecule has 0 bridgehead atoms. The van der Waals surface area contributed by atoms with Crippen LogP contribution in [0.25, 0.3) is 0 Å². The zero-order chi connectivity index (χ0) is 19.1. The van der Waals surface area contributed by atoms with Gasteiger partial charge in [0.15, 0.2) is 0 Å². The highest BCUT2D eigenvalue weighted by atomic mass is 14.6. The van der Waals surface area contributed by atoms with Crippen LogP contribution in [0.15, 0.2) is 37.0 Å². The fraction of sp³-hybridized carbons (Fsp3) is 0.778. The maximum atomic E-state index is 4.01. The number of unbranched alkanes of at least 4 members (excludes halogenated alkanes) is 2. The van der Waals surface area contributed by atoms with E-state index in [-0.39, 0.29) is 0 Å². The van der Waals surface area contributed by atoms with Crippen LogP contribution < -0.4 is 0 Å². The van der Waals surface area contributed by atoms with Crippen LogP contribution >= 0.6 is 0 Å². The molecule has 3 rings (SSSR count). The fourth-order valence-electron chi connectivity index (χ4n) is 7.14. The monoisotopic (exact) mass is 368 g/mol. The lowest BCUT2D eigenvalue weighted by atomic mass is 9.57. The van der Waals surface area contributed by atoms with Crippen LogP contribution in [0.1, 0.15) is 97.3 Å². The number of fused-ring (bicyclic) bond motifs is 1. The van der Waals surface area contributed by atoms with E-state index < -0.39 is 0 Å². The Labute approximate surface area is 169 Å². The maximum Gasteiger partial charge on any atom is -0.0131 e. The molecule has 27 heavy (non-hydrogen) atoms. The second kappa shape index (κ2) is 10.1. The number of hydrogen-bond acceptors (Lipinski definition) is 0. The van der Waals surface area contributed by atoms with Gasteiger partial charge in [0.1, 0.15) is 0 Å². The molecule has 4 atom stereocenters. The second-order valence-electron chi connectivity index (χ2n) is 9.81. The molecule has 0 spiro atoms. The lowest BCUT2D eigenvalue weighted by molar-refractivity contribution is 0.0268. The molecule has 152 valence electrons. The second-order valence-corrected chi connectivity index (χ2v) is 9.81. The Bertz CT molecular complexity index is 496. The smallest absolute Gasteiger partial charge is 0.0131 e. The molecule has 2 fully saturated rings. The quantitative estimate of drug-likeness (QED) is 0.321. The van der Waals surface area contributed by atoms with Crippen LogP contribution in [0, 0.1) is 35.0 Å². The van der Waals surface area contributed by atoms with E-state index in [1.165, 1.54) is 83.5 Å². The van der Waals surface area contributed by atoms with Crippen molar-refractivity contribution in [2.75, 3.05) is 0 Å². The average molecular weight is 369 g/mol. The van der Waals surface area contributed by atoms with Crippen molar-refractivity contribution in [2.45, 2.75) is 97.3 Å². The first-order chi connectivity index (χ1) is 13.3. The van der Waals surface area contributed by atoms with Gasteiger partial charge in [-0.2, -0.15) is 0 Å². The topological polar surface area (TPSA) is 0 Å². The molecule has 0 aromatic rings. The van der Waals surface area contributed by atoms with Gasteiger partial charge < -0.3 is 0 Å². The summed E-state index contributed by atoms with van der Waals surface area (Å²) in [5.41, 5.74) is 0.615. The molecule has 0 heteroatoms. The van der Waals surface area contributed by atoms with Gasteiger partial charge in [0, 0.05) is 0 Å². The lowest BCUT2D eigenvalue weighted by Crippen LogP contribution is -2.40. The third kappa shape index (κ3) is 4.46. The van der Waals surface area contributed by atoms with E-state index in [2.05, 4.69) is 50.8 Å². The van der Waals surface area contributed by atoms with Crippen molar-refractivity contribution in [2.24, 2.45) is 35.0 Å². The molecule has 0 heterocycles. The summed E-state index contributed by atoms with van der Waals surface area (Å²) in [6.07, 6.45) is 30.6. The summed E-state index contributed by atoms with van der Waals surface area (Å²) < 4.78 is 0. The lowest BCUT2D eigenvalue weighted by Gasteiger charge is -2.47. The molecule has 2 saturated carbocycles. The standard InChI is InChI=1S/C27H44/c1-4-7-14-22-21-26(25-18-13-12-17-24(22)25)27(19-8-5-2,20-9-6-3)23-15-10-11-16-23/h4,12-13,17-18,22-26H,1,5-11,14-16,19-21H2,2-3H3. The minimum atomic E-state index is 0.615. The van der Waals surface area contributed by atoms with Crippen molar-refractivity contribution in [1.82, 2.24) is 0 Å². The maximum absolute atomic E-state index is 4.01. The van der Waals surface area contributed by atoms with Crippen LogP contribution in [0.5, 0.6) is 0 Å². The first-order valence-electron chi connectivity index (χ1n) is 12.2. The first kappa shape index (κ1) is 20.9. The fourth-order valence-corrected chi connectivity index (χ4v) is 7.14. The molecule has 0 aromatic carbocycles. The van der Waals surface area contributed by atoms with Gasteiger partial charge in [0.2, 0.25) is 0 Å². The first-order valence-corrected chi connectivity index (χ1v) is 12.2. The molecule has 0 amide bonds. The number of rotatable bonds is 11. The van der Waals surface area contributed by atoms with E-state index in [1.54, 1.807) is 0 Å². The predicted octanol–water partition coefficient (Wildman–Crippen LogP) is 8.50. The van der Waals surface area contributed by atoms with Crippen LogP contribution in [-0.4, -0.2) is 0 Å². The van der Waals surface area contributed by atoms with Crippen LogP contribution in [0.4, 0.5) is 0 Å². The molecule has 0 radical (unpaired) electrons. The Morgan fingerprint density at radius 3 is 2.19 bits per heavy atom. The third-order valence-corrected chi connectivity index (χ3v) is 8.43. The van der Waals surface area contributed by atoms with Crippen molar-refractivity contribution < 1.29 is 0 Å². The third-order valence-electron chi connectivity index (χ3n) is 8.43. The van der Waals surface area contributed by atoms with Gasteiger partial charge in [-0.05, 0) is 80.0 Å². The minimum Gasteiger partial charge on any atom is -0.103 e. The molecule has 0 aliphatic heterocycles. The highest BCUT2D eigenvalue weighted by Gasteiger charge is 2.53. The Hall–Kier alpha value is -0.780. The largest absolute Gasteiger partial charge is 0.103 e. The van der Waals surface area contributed by atoms with E-state index in [0.717, 1.165) is 29.6 Å². The van der Waals surface area contributed by atoms with E-state index in [4.69, 9.17) is 0 Å². The zero-order valence-corrected chi connectivity index (χ0v) is 18.2. The predicted molar refractivity (Wildman–Crippen MR) is 120 cm³/mol. The summed E-state index contributed by atoms with van der Waals surface area (Å²) in [5, 5.41) is 0. The summed E-state index contributed by atoms with van der Waals surface area (Å²) >= 11 is 0. The van der Waals surface area contributed by atoms with E-state index in [1.807, 2.05) is 0 Å². The molecule has 0 nitrogen and oxygen atoms in total. The molecular weight excluding hydrogens is 324 g/mol. The molecule has 0 aromatic heterocycles. The van der Waals surface area contributed by atoms with Gasteiger partial charge in [0.25, 0.3) is 0 Å². The number of hydrogen-bond donors (Lipinski definition) is 0. The molecule has 4 unspecified atom stereocenters. The van der Waals surface area contributed by atoms with Crippen molar-refractivity contribution >= 4 is 0 Å². The van der Waals surface area contributed by atoms with E-state index >= 15 is 0 Å². The van der Waals surface area contributed by atoms with E-state index in [9.17, 15) is 0 Å². The summed E-state index contributed by atoms with van der Waals surface area (Å²) in [7, 11) is 0. The normalized spacial score (nSPS) is 30.7. The summed E-state index contributed by atoms with van der Waals surface area (Å²) in [6, 6.07) is 0. The van der Waals surface area contributed by atoms with Crippen molar-refractivity contribution in [1.29, 1.82) is 0 Å². The Balaban J connectivity index is 1.91. The van der Waals surface area contributed by atoms with Gasteiger partial charge in [-0.1, -0.05) is 82.8 Å². The highest BCUT2D eigenvalue weighted by Crippen LogP contribution is 2.61. The van der Waals surface area contributed by atoms with E-state index in [0.29, 0.717) is 5.41 Å². The average Bonchev–Trinajstić information content (AvgIpc) is 3.36. The van der Waals surface area contributed by atoms with Crippen molar-refractivity contribution in [3.8, 4) is 0 Å². The van der Waals surface area contributed by atoms with Gasteiger partial charge in [-0.15, -0.1) is 6.58 Å². The Morgan fingerprint density at radius 2 is 1.59 bits per heavy atom. The number of allylic oxidation sites excluding steroid dienone is 5. The molecule has 3 aliphatic carbocycles. The van der Waals surface area contributed by atoms with Gasteiger partial charge in [0.05, 0.1) is 0 Å². The SMILES string of the molecule is C=CCCC1CC(C(CCCC)(CCCC)C2CCCC2)C2C=CC=CC12. The van der Waals surface area contributed by atoms with Crippen molar-refractivity contribution in [3.05, 3.63) is 37.0 Å². The summed E-state index contributed by atoms with van der Waals surface area (Å²) in [5.74, 6) is 4.39. The van der Waals surface area contributed by atoms with Crippen LogP contribution in [0.3, 0.4) is 0 Å². The highest BCUT2D eigenvalue weighted by molar-refractivity contribution is 5.21. The Kier molecular flexibility index (Phi) is 7.86. The van der Waals surface area contributed by atoms with Crippen LogP contribution in [0.2, 0.25) is 0 Å². The molecular formula is C27H44.